The lowest BCUT2D eigenvalue weighted by Crippen LogP contribution is -2.26. The molecule has 2 rings (SSSR count). The van der Waals surface area contributed by atoms with Crippen molar-refractivity contribution < 1.29 is 9.32 Å². The van der Waals surface area contributed by atoms with Crippen molar-refractivity contribution in [1.29, 1.82) is 0 Å². The molecule has 18 heavy (non-hydrogen) atoms. The third-order valence-corrected chi connectivity index (χ3v) is 2.74. The van der Waals surface area contributed by atoms with Gasteiger partial charge >= 0.3 is 0 Å². The number of carbonyl (C=O) groups excluding carboxylic acids is 1. The Balaban J connectivity index is 1.93. The van der Waals surface area contributed by atoms with Gasteiger partial charge in [0.15, 0.2) is 5.82 Å². The first kappa shape index (κ1) is 12.4. The quantitative estimate of drug-likeness (QED) is 0.813. The van der Waals surface area contributed by atoms with E-state index in [1.165, 1.54) is 6.39 Å². The van der Waals surface area contributed by atoms with E-state index in [1.807, 2.05) is 0 Å². The molecule has 0 aliphatic carbocycles. The van der Waals surface area contributed by atoms with E-state index in [1.54, 1.807) is 18.2 Å². The topological polar surface area (TPSA) is 94.0 Å². The van der Waals surface area contributed by atoms with Crippen molar-refractivity contribution in [3.05, 3.63) is 41.0 Å². The Morgan fingerprint density at radius 3 is 3.06 bits per heavy atom. The molecule has 7 heteroatoms. The molecule has 0 bridgehead atoms. The summed E-state index contributed by atoms with van der Waals surface area (Å²) >= 11 is 5.94. The second-order valence-corrected chi connectivity index (χ2v) is 3.94. The molecule has 1 aromatic heterocycles. The monoisotopic (exact) mass is 266 g/mol. The Morgan fingerprint density at radius 2 is 2.33 bits per heavy atom. The molecule has 0 saturated carbocycles. The van der Waals surface area contributed by atoms with E-state index in [-0.39, 0.29) is 10.9 Å². The lowest BCUT2D eigenvalue weighted by molar-refractivity contribution is 0.0954. The molecule has 1 heterocycles. The largest absolute Gasteiger partial charge is 0.398 e. The number of nitrogen functional groups attached to an aromatic ring is 1. The number of nitrogens with one attached hydrogen (secondary N) is 1. The second-order valence-electron chi connectivity index (χ2n) is 3.56. The van der Waals surface area contributed by atoms with Gasteiger partial charge < -0.3 is 15.6 Å². The highest BCUT2D eigenvalue weighted by Crippen LogP contribution is 2.22. The minimum atomic E-state index is -0.282. The molecule has 94 valence electrons. The fourth-order valence-corrected chi connectivity index (χ4v) is 1.62. The van der Waals surface area contributed by atoms with Crippen LogP contribution in [0.1, 0.15) is 16.2 Å². The number of anilines is 1. The number of nitrogens with two attached hydrogens (primary N) is 1. The summed E-state index contributed by atoms with van der Waals surface area (Å²) in [7, 11) is 0. The van der Waals surface area contributed by atoms with E-state index in [0.717, 1.165) is 0 Å². The van der Waals surface area contributed by atoms with Crippen LogP contribution in [0.15, 0.2) is 29.1 Å². The summed E-state index contributed by atoms with van der Waals surface area (Å²) in [6.45, 7) is 0.392. The van der Waals surface area contributed by atoms with Gasteiger partial charge in [0.05, 0.1) is 16.3 Å². The van der Waals surface area contributed by atoms with Gasteiger partial charge in [-0.3, -0.25) is 4.79 Å². The summed E-state index contributed by atoms with van der Waals surface area (Å²) in [6.07, 6.45) is 1.73. The van der Waals surface area contributed by atoms with Crippen molar-refractivity contribution in [2.75, 3.05) is 12.3 Å². The van der Waals surface area contributed by atoms with Crippen LogP contribution in [0.2, 0.25) is 5.02 Å². The Hall–Kier alpha value is -2.08. The van der Waals surface area contributed by atoms with Crippen LogP contribution in [0.3, 0.4) is 0 Å². The number of hydrogen-bond donors (Lipinski definition) is 2. The van der Waals surface area contributed by atoms with Crippen molar-refractivity contribution >= 4 is 23.2 Å². The number of aromatic nitrogens is 2. The third-order valence-electron chi connectivity index (χ3n) is 2.31. The summed E-state index contributed by atoms with van der Waals surface area (Å²) in [6, 6.07) is 4.93. The maximum Gasteiger partial charge on any atom is 0.252 e. The first-order valence-electron chi connectivity index (χ1n) is 5.26. The molecule has 0 saturated heterocycles. The molecule has 1 aromatic carbocycles. The third kappa shape index (κ3) is 2.78. The molecule has 0 aliphatic heterocycles. The van der Waals surface area contributed by atoms with Gasteiger partial charge in [-0.2, -0.15) is 4.98 Å². The fourth-order valence-electron chi connectivity index (χ4n) is 1.41. The van der Waals surface area contributed by atoms with E-state index in [2.05, 4.69) is 20.0 Å². The fraction of sp³-hybridized carbons (Fsp3) is 0.182. The standard InChI is InChI=1S/C11H11ClN4O2/c12-10-7(2-1-3-8(10)13)11(17)14-5-4-9-15-6-18-16-9/h1-3,6H,4-5,13H2,(H,14,17). The number of amides is 1. The number of halogens is 1. The van der Waals surface area contributed by atoms with Crippen LogP contribution in [0, 0.1) is 0 Å². The van der Waals surface area contributed by atoms with E-state index >= 15 is 0 Å². The van der Waals surface area contributed by atoms with Crippen LogP contribution in [-0.2, 0) is 6.42 Å². The van der Waals surface area contributed by atoms with Crippen LogP contribution in [-0.4, -0.2) is 22.6 Å². The number of carbonyl (C=O) groups is 1. The zero-order valence-corrected chi connectivity index (χ0v) is 10.1. The normalized spacial score (nSPS) is 10.3. The molecule has 0 aliphatic rings. The summed E-state index contributed by atoms with van der Waals surface area (Å²) in [4.78, 5) is 15.7. The number of hydrogen-bond acceptors (Lipinski definition) is 5. The predicted octanol–water partition coefficient (Wildman–Crippen LogP) is 1.28. The molecular weight excluding hydrogens is 256 g/mol. The molecule has 2 aromatic rings. The van der Waals surface area contributed by atoms with Crippen LogP contribution in [0.5, 0.6) is 0 Å². The first-order valence-corrected chi connectivity index (χ1v) is 5.63. The van der Waals surface area contributed by atoms with Gasteiger partial charge in [-0.25, -0.2) is 0 Å². The maximum absolute atomic E-state index is 11.8. The zero-order chi connectivity index (χ0) is 13.0. The summed E-state index contributed by atoms with van der Waals surface area (Å²) in [5.74, 6) is 0.254. The number of rotatable bonds is 4. The second kappa shape index (κ2) is 5.50. The SMILES string of the molecule is Nc1cccc(C(=O)NCCc2ncon2)c1Cl. The van der Waals surface area contributed by atoms with E-state index in [4.69, 9.17) is 17.3 Å². The van der Waals surface area contributed by atoms with Crippen molar-refractivity contribution in [3.63, 3.8) is 0 Å². The minimum Gasteiger partial charge on any atom is -0.398 e. The molecule has 0 fully saturated rings. The van der Waals surface area contributed by atoms with Crippen LogP contribution in [0.25, 0.3) is 0 Å². The van der Waals surface area contributed by atoms with Crippen LogP contribution in [0.4, 0.5) is 5.69 Å². The van der Waals surface area contributed by atoms with Crippen molar-refractivity contribution in [2.24, 2.45) is 0 Å². The van der Waals surface area contributed by atoms with Crippen molar-refractivity contribution in [3.8, 4) is 0 Å². The van der Waals surface area contributed by atoms with Crippen molar-refractivity contribution in [2.45, 2.75) is 6.42 Å². The highest BCUT2D eigenvalue weighted by Gasteiger charge is 2.11. The van der Waals surface area contributed by atoms with Gasteiger partial charge in [0.25, 0.3) is 5.91 Å². The van der Waals surface area contributed by atoms with Gasteiger partial charge in [0.2, 0.25) is 6.39 Å². The van der Waals surface area contributed by atoms with E-state index < -0.39 is 0 Å². The lowest BCUT2D eigenvalue weighted by Gasteiger charge is -2.07. The minimum absolute atomic E-state index is 0.259. The first-order chi connectivity index (χ1) is 8.68. The molecule has 0 unspecified atom stereocenters. The highest BCUT2D eigenvalue weighted by atomic mass is 35.5. The Kier molecular flexibility index (Phi) is 3.78. The molecule has 0 radical (unpaired) electrons. The van der Waals surface area contributed by atoms with Gasteiger partial charge in [-0.05, 0) is 12.1 Å². The molecule has 3 N–H and O–H groups in total. The summed E-state index contributed by atoms with van der Waals surface area (Å²) < 4.78 is 4.58. The lowest BCUT2D eigenvalue weighted by atomic mass is 10.2. The summed E-state index contributed by atoms with van der Waals surface area (Å²) in [5.41, 5.74) is 6.35. The van der Waals surface area contributed by atoms with Crippen LogP contribution < -0.4 is 11.1 Å². The molecular formula is C11H11ClN4O2. The molecule has 0 spiro atoms. The van der Waals surface area contributed by atoms with Gasteiger partial charge in [0.1, 0.15) is 0 Å². The Labute approximate surface area is 108 Å². The van der Waals surface area contributed by atoms with Gasteiger partial charge in [-0.1, -0.05) is 22.8 Å². The van der Waals surface area contributed by atoms with E-state index in [0.29, 0.717) is 30.0 Å². The van der Waals surface area contributed by atoms with Gasteiger partial charge in [-0.15, -0.1) is 0 Å². The van der Waals surface area contributed by atoms with Gasteiger partial charge in [0, 0.05) is 13.0 Å². The predicted molar refractivity (Wildman–Crippen MR) is 66.2 cm³/mol. The number of nitrogens with zero attached hydrogens (tertiary/aromatic N) is 2. The van der Waals surface area contributed by atoms with Crippen LogP contribution >= 0.6 is 11.6 Å². The molecule has 0 atom stereocenters. The Bertz CT molecular complexity index is 542. The van der Waals surface area contributed by atoms with Crippen molar-refractivity contribution in [1.82, 2.24) is 15.5 Å². The Morgan fingerprint density at radius 1 is 1.50 bits per heavy atom. The zero-order valence-electron chi connectivity index (χ0n) is 9.39. The highest BCUT2D eigenvalue weighted by molar-refractivity contribution is 6.36. The average molecular weight is 267 g/mol. The molecule has 6 nitrogen and oxygen atoms in total. The smallest absolute Gasteiger partial charge is 0.252 e. The summed E-state index contributed by atoms with van der Waals surface area (Å²) in [5, 5.41) is 6.60. The average Bonchev–Trinajstić information content (AvgIpc) is 2.85. The molecule has 1 amide bonds. The number of benzene rings is 1. The maximum atomic E-state index is 11.8. The van der Waals surface area contributed by atoms with E-state index in [9.17, 15) is 4.79 Å².